The van der Waals surface area contributed by atoms with Crippen LogP contribution >= 0.6 is 0 Å². The van der Waals surface area contributed by atoms with E-state index < -0.39 is 0 Å². The number of benzene rings is 2. The van der Waals surface area contributed by atoms with Gasteiger partial charge >= 0.3 is 0 Å². The Morgan fingerprint density at radius 3 is 2.37 bits per heavy atom. The zero-order valence-electron chi connectivity index (χ0n) is 16.4. The van der Waals surface area contributed by atoms with Gasteiger partial charge in [-0.15, -0.1) is 0 Å². The summed E-state index contributed by atoms with van der Waals surface area (Å²) < 4.78 is 0. The van der Waals surface area contributed by atoms with Gasteiger partial charge in [-0.1, -0.05) is 36.4 Å². The van der Waals surface area contributed by atoms with Crippen LogP contribution in [0.3, 0.4) is 0 Å². The monoisotopic (exact) mass is 396 g/mol. The number of nitrogens with one attached hydrogen (secondary N) is 2. The summed E-state index contributed by atoms with van der Waals surface area (Å²) >= 11 is 0. The van der Waals surface area contributed by atoms with Gasteiger partial charge in [-0.2, -0.15) is 0 Å². The number of rotatable bonds is 5. The standard InChI is InChI=1S/C24H20N4O2/c1-16-11-12-20(19-9-3-2-8-18(16)19)23(29)28-21-10-6-14-26-22(21)24(30)27-15-17-7-4-5-13-25-17/h2-14H,15H2,1H3,(H,27,30)(H,28,29). The van der Waals surface area contributed by atoms with Gasteiger partial charge in [-0.05, 0) is 53.6 Å². The van der Waals surface area contributed by atoms with Crippen molar-refractivity contribution in [1.29, 1.82) is 0 Å². The van der Waals surface area contributed by atoms with Crippen LogP contribution in [0.15, 0.2) is 79.1 Å². The van der Waals surface area contributed by atoms with Gasteiger partial charge in [0.1, 0.15) is 0 Å². The van der Waals surface area contributed by atoms with E-state index in [1.165, 1.54) is 6.20 Å². The third kappa shape index (κ3) is 4.03. The quantitative estimate of drug-likeness (QED) is 0.531. The highest BCUT2D eigenvalue weighted by Gasteiger charge is 2.17. The molecule has 0 saturated heterocycles. The van der Waals surface area contributed by atoms with Crippen molar-refractivity contribution in [3.8, 4) is 0 Å². The molecule has 2 heterocycles. The van der Waals surface area contributed by atoms with E-state index in [2.05, 4.69) is 20.6 Å². The molecule has 2 aromatic heterocycles. The number of anilines is 1. The van der Waals surface area contributed by atoms with Crippen molar-refractivity contribution in [3.05, 3.63) is 102 Å². The van der Waals surface area contributed by atoms with Crippen molar-refractivity contribution >= 4 is 28.3 Å². The van der Waals surface area contributed by atoms with E-state index in [0.29, 0.717) is 11.3 Å². The van der Waals surface area contributed by atoms with Gasteiger partial charge in [0.25, 0.3) is 11.8 Å². The van der Waals surface area contributed by atoms with Gasteiger partial charge in [-0.3, -0.25) is 14.6 Å². The zero-order valence-corrected chi connectivity index (χ0v) is 16.4. The van der Waals surface area contributed by atoms with Crippen molar-refractivity contribution in [2.24, 2.45) is 0 Å². The first-order valence-electron chi connectivity index (χ1n) is 9.56. The Morgan fingerprint density at radius 1 is 0.800 bits per heavy atom. The average molecular weight is 396 g/mol. The van der Waals surface area contributed by atoms with Crippen LogP contribution in [0.4, 0.5) is 5.69 Å². The van der Waals surface area contributed by atoms with Gasteiger partial charge in [0.2, 0.25) is 0 Å². The lowest BCUT2D eigenvalue weighted by molar-refractivity contribution is 0.0946. The molecular weight excluding hydrogens is 376 g/mol. The highest BCUT2D eigenvalue weighted by atomic mass is 16.2. The smallest absolute Gasteiger partial charge is 0.272 e. The minimum Gasteiger partial charge on any atom is -0.345 e. The van der Waals surface area contributed by atoms with Crippen LogP contribution in [0.25, 0.3) is 10.8 Å². The minimum atomic E-state index is -0.384. The van der Waals surface area contributed by atoms with E-state index in [0.717, 1.165) is 22.0 Å². The number of nitrogens with zero attached hydrogens (tertiary/aromatic N) is 2. The maximum Gasteiger partial charge on any atom is 0.272 e. The lowest BCUT2D eigenvalue weighted by Gasteiger charge is -2.12. The summed E-state index contributed by atoms with van der Waals surface area (Å²) in [6.45, 7) is 2.28. The molecule has 0 radical (unpaired) electrons. The number of carbonyl (C=O) groups is 2. The molecule has 148 valence electrons. The van der Waals surface area contributed by atoms with Crippen LogP contribution in [0.5, 0.6) is 0 Å². The van der Waals surface area contributed by atoms with Gasteiger partial charge in [0.15, 0.2) is 5.69 Å². The molecule has 2 aromatic carbocycles. The molecule has 6 heteroatoms. The van der Waals surface area contributed by atoms with Crippen LogP contribution in [0.2, 0.25) is 0 Å². The second-order valence-electron chi connectivity index (χ2n) is 6.83. The number of aryl methyl sites for hydroxylation is 1. The minimum absolute atomic E-state index is 0.151. The fourth-order valence-electron chi connectivity index (χ4n) is 3.28. The van der Waals surface area contributed by atoms with Gasteiger partial charge in [0.05, 0.1) is 17.9 Å². The third-order valence-corrected chi connectivity index (χ3v) is 4.81. The number of amides is 2. The predicted octanol–water partition coefficient (Wildman–Crippen LogP) is 4.12. The Hall–Kier alpha value is -4.06. The molecule has 0 aliphatic heterocycles. The predicted molar refractivity (Wildman–Crippen MR) is 116 cm³/mol. The number of pyridine rings is 2. The largest absolute Gasteiger partial charge is 0.345 e. The first kappa shape index (κ1) is 19.3. The Balaban J connectivity index is 1.57. The van der Waals surface area contributed by atoms with Crippen LogP contribution in [-0.2, 0) is 6.54 Å². The maximum atomic E-state index is 13.0. The molecule has 0 aliphatic carbocycles. The second kappa shape index (κ2) is 8.53. The number of carbonyl (C=O) groups excluding carboxylic acids is 2. The summed E-state index contributed by atoms with van der Waals surface area (Å²) in [5.41, 5.74) is 2.88. The molecule has 6 nitrogen and oxygen atoms in total. The van der Waals surface area contributed by atoms with Crippen LogP contribution < -0.4 is 10.6 Å². The lowest BCUT2D eigenvalue weighted by Crippen LogP contribution is -2.26. The van der Waals surface area contributed by atoms with Crippen LogP contribution in [0, 0.1) is 6.92 Å². The first-order valence-corrected chi connectivity index (χ1v) is 9.56. The summed E-state index contributed by atoms with van der Waals surface area (Å²) in [7, 11) is 0. The highest BCUT2D eigenvalue weighted by Crippen LogP contribution is 2.24. The fraction of sp³-hybridized carbons (Fsp3) is 0.0833. The van der Waals surface area contributed by atoms with Crippen molar-refractivity contribution in [2.45, 2.75) is 13.5 Å². The van der Waals surface area contributed by atoms with Gasteiger partial charge in [0, 0.05) is 18.0 Å². The molecule has 4 aromatic rings. The van der Waals surface area contributed by atoms with Crippen molar-refractivity contribution in [1.82, 2.24) is 15.3 Å². The molecule has 2 amide bonds. The lowest BCUT2D eigenvalue weighted by atomic mass is 10.00. The van der Waals surface area contributed by atoms with Crippen LogP contribution in [-0.4, -0.2) is 21.8 Å². The van der Waals surface area contributed by atoms with E-state index in [1.807, 2.05) is 55.5 Å². The summed E-state index contributed by atoms with van der Waals surface area (Å²) in [6.07, 6.45) is 3.19. The normalized spacial score (nSPS) is 10.6. The van der Waals surface area contributed by atoms with E-state index in [9.17, 15) is 9.59 Å². The average Bonchev–Trinajstić information content (AvgIpc) is 2.79. The summed E-state index contributed by atoms with van der Waals surface area (Å²) in [5.74, 6) is -0.678. The molecule has 2 N–H and O–H groups in total. The number of aromatic nitrogens is 2. The van der Waals surface area contributed by atoms with Crippen molar-refractivity contribution in [2.75, 3.05) is 5.32 Å². The molecular formula is C24H20N4O2. The number of fused-ring (bicyclic) bond motifs is 1. The van der Waals surface area contributed by atoms with Crippen molar-refractivity contribution in [3.63, 3.8) is 0 Å². The molecule has 0 spiro atoms. The van der Waals surface area contributed by atoms with Crippen LogP contribution in [0.1, 0.15) is 32.1 Å². The van der Waals surface area contributed by atoms with E-state index in [4.69, 9.17) is 0 Å². The molecule has 4 rings (SSSR count). The summed E-state index contributed by atoms with van der Waals surface area (Å²) in [4.78, 5) is 34.0. The number of hydrogen-bond donors (Lipinski definition) is 2. The van der Waals surface area contributed by atoms with Gasteiger partial charge in [-0.25, -0.2) is 4.98 Å². The molecule has 0 fully saturated rings. The van der Waals surface area contributed by atoms with Gasteiger partial charge < -0.3 is 10.6 Å². The molecule has 0 unspecified atom stereocenters. The Bertz CT molecular complexity index is 1220. The Morgan fingerprint density at radius 2 is 1.57 bits per heavy atom. The van der Waals surface area contributed by atoms with Crippen molar-refractivity contribution < 1.29 is 9.59 Å². The molecule has 0 saturated carbocycles. The summed E-state index contributed by atoms with van der Waals surface area (Å²) in [6, 6.07) is 20.3. The molecule has 0 bridgehead atoms. The highest BCUT2D eigenvalue weighted by molar-refractivity contribution is 6.14. The molecule has 0 atom stereocenters. The third-order valence-electron chi connectivity index (χ3n) is 4.81. The molecule has 30 heavy (non-hydrogen) atoms. The van der Waals surface area contributed by atoms with E-state index >= 15 is 0 Å². The summed E-state index contributed by atoms with van der Waals surface area (Å²) in [5, 5.41) is 7.51. The number of hydrogen-bond acceptors (Lipinski definition) is 4. The first-order chi connectivity index (χ1) is 14.6. The van der Waals surface area contributed by atoms with E-state index in [1.54, 1.807) is 24.4 Å². The maximum absolute atomic E-state index is 13.0. The Labute approximate surface area is 174 Å². The Kier molecular flexibility index (Phi) is 5.48. The van der Waals surface area contributed by atoms with E-state index in [-0.39, 0.29) is 24.1 Å². The fourth-order valence-corrected chi connectivity index (χ4v) is 3.28. The second-order valence-corrected chi connectivity index (χ2v) is 6.83. The SMILES string of the molecule is Cc1ccc(C(=O)Nc2cccnc2C(=O)NCc2ccccn2)c2ccccc12. The molecule has 0 aliphatic rings. The zero-order chi connectivity index (χ0) is 20.9. The topological polar surface area (TPSA) is 84.0 Å².